The highest BCUT2D eigenvalue weighted by Gasteiger charge is 2.15. The van der Waals surface area contributed by atoms with Crippen LogP contribution in [0.1, 0.15) is 45.2 Å². The van der Waals surface area contributed by atoms with Gasteiger partial charge in [0.05, 0.1) is 12.1 Å². The predicted molar refractivity (Wildman–Crippen MR) is 72.8 cm³/mol. The maximum atomic E-state index is 12.8. The van der Waals surface area contributed by atoms with E-state index in [2.05, 4.69) is 13.8 Å². The van der Waals surface area contributed by atoms with Crippen LogP contribution in [0.4, 0.5) is 4.39 Å². The fourth-order valence-corrected chi connectivity index (χ4v) is 1.82. The molecule has 1 aromatic carbocycles. The fraction of sp³-hybridized carbons (Fsp3) is 0.600. The molecule has 2 atom stereocenters. The molecule has 0 aliphatic heterocycles. The summed E-state index contributed by atoms with van der Waals surface area (Å²) in [6.45, 7) is 7.10. The van der Waals surface area contributed by atoms with Crippen molar-refractivity contribution in [2.24, 2.45) is 11.7 Å². The third kappa shape index (κ3) is 5.15. The minimum atomic E-state index is -0.239. The molecule has 1 rings (SSSR count). The van der Waals surface area contributed by atoms with Crippen LogP contribution in [0.3, 0.4) is 0 Å². The molecule has 0 bridgehead atoms. The van der Waals surface area contributed by atoms with E-state index >= 15 is 0 Å². The Morgan fingerprint density at radius 1 is 1.17 bits per heavy atom. The molecule has 1 aromatic rings. The Balaban J connectivity index is 2.36. The average Bonchev–Trinajstić information content (AvgIpc) is 2.34. The van der Waals surface area contributed by atoms with Crippen molar-refractivity contribution in [3.8, 4) is 0 Å². The van der Waals surface area contributed by atoms with E-state index in [-0.39, 0.29) is 18.0 Å². The molecule has 0 aliphatic carbocycles. The highest BCUT2D eigenvalue weighted by molar-refractivity contribution is 5.20. The van der Waals surface area contributed by atoms with Crippen molar-refractivity contribution in [1.29, 1.82) is 0 Å². The minimum absolute atomic E-state index is 0.0531. The standard InChI is InChI=1S/C15H24FNO/c1-11(2)5-4-10-18-12(3)15(17)13-6-8-14(16)9-7-13/h6-9,11-12,15H,4-5,10,17H2,1-3H3. The van der Waals surface area contributed by atoms with E-state index in [0.29, 0.717) is 5.92 Å². The summed E-state index contributed by atoms with van der Waals surface area (Å²) >= 11 is 0. The van der Waals surface area contributed by atoms with Crippen LogP contribution in [-0.2, 0) is 4.74 Å². The Morgan fingerprint density at radius 3 is 2.33 bits per heavy atom. The second-order valence-electron chi connectivity index (χ2n) is 5.19. The lowest BCUT2D eigenvalue weighted by Gasteiger charge is -2.21. The van der Waals surface area contributed by atoms with Crippen LogP contribution in [0.15, 0.2) is 24.3 Å². The fourth-order valence-electron chi connectivity index (χ4n) is 1.82. The third-order valence-corrected chi connectivity index (χ3v) is 3.07. The summed E-state index contributed by atoms with van der Waals surface area (Å²) in [5, 5.41) is 0. The zero-order valence-electron chi connectivity index (χ0n) is 11.5. The van der Waals surface area contributed by atoms with E-state index in [0.717, 1.165) is 18.6 Å². The molecular formula is C15H24FNO. The molecule has 2 unspecified atom stereocenters. The number of nitrogens with two attached hydrogens (primary N) is 1. The van der Waals surface area contributed by atoms with Gasteiger partial charge in [0.2, 0.25) is 0 Å². The predicted octanol–water partition coefficient (Wildman–Crippen LogP) is 3.67. The van der Waals surface area contributed by atoms with Crippen molar-refractivity contribution in [3.63, 3.8) is 0 Å². The Kier molecular flexibility index (Phi) is 6.30. The summed E-state index contributed by atoms with van der Waals surface area (Å²) in [6, 6.07) is 6.09. The normalized spacial score (nSPS) is 14.8. The maximum absolute atomic E-state index is 12.8. The van der Waals surface area contributed by atoms with E-state index in [1.165, 1.54) is 18.6 Å². The van der Waals surface area contributed by atoms with Gasteiger partial charge in [0.15, 0.2) is 0 Å². The summed E-state index contributed by atoms with van der Waals surface area (Å²) in [6.07, 6.45) is 2.17. The first kappa shape index (κ1) is 15.1. The van der Waals surface area contributed by atoms with Crippen molar-refractivity contribution < 1.29 is 9.13 Å². The van der Waals surface area contributed by atoms with E-state index in [9.17, 15) is 4.39 Å². The molecule has 0 aromatic heterocycles. The monoisotopic (exact) mass is 253 g/mol. The lowest BCUT2D eigenvalue weighted by atomic mass is 10.0. The summed E-state index contributed by atoms with van der Waals surface area (Å²) in [5.74, 6) is 0.464. The summed E-state index contributed by atoms with van der Waals surface area (Å²) in [5.41, 5.74) is 6.99. The first-order chi connectivity index (χ1) is 8.50. The topological polar surface area (TPSA) is 35.2 Å². The van der Waals surface area contributed by atoms with Crippen LogP contribution in [0, 0.1) is 11.7 Å². The van der Waals surface area contributed by atoms with Gasteiger partial charge in [0, 0.05) is 6.61 Å². The Labute approximate surface area is 109 Å². The Morgan fingerprint density at radius 2 is 1.78 bits per heavy atom. The number of rotatable bonds is 7. The second kappa shape index (κ2) is 7.49. The molecule has 18 heavy (non-hydrogen) atoms. The Bertz CT molecular complexity index is 337. The van der Waals surface area contributed by atoms with Crippen LogP contribution in [0.5, 0.6) is 0 Å². The van der Waals surface area contributed by atoms with Crippen LogP contribution in [-0.4, -0.2) is 12.7 Å². The molecule has 0 spiro atoms. The van der Waals surface area contributed by atoms with Gasteiger partial charge < -0.3 is 10.5 Å². The van der Waals surface area contributed by atoms with Gasteiger partial charge in [-0.15, -0.1) is 0 Å². The summed E-state index contributed by atoms with van der Waals surface area (Å²) in [4.78, 5) is 0. The molecule has 2 nitrogen and oxygen atoms in total. The van der Waals surface area contributed by atoms with Crippen LogP contribution in [0.2, 0.25) is 0 Å². The van der Waals surface area contributed by atoms with E-state index < -0.39 is 0 Å². The second-order valence-corrected chi connectivity index (χ2v) is 5.19. The quantitative estimate of drug-likeness (QED) is 0.752. The van der Waals surface area contributed by atoms with Gasteiger partial charge in [-0.25, -0.2) is 4.39 Å². The van der Waals surface area contributed by atoms with Crippen molar-refractivity contribution in [1.82, 2.24) is 0 Å². The maximum Gasteiger partial charge on any atom is 0.123 e. The zero-order chi connectivity index (χ0) is 13.5. The van der Waals surface area contributed by atoms with E-state index in [1.807, 2.05) is 6.92 Å². The number of ether oxygens (including phenoxy) is 1. The number of hydrogen-bond acceptors (Lipinski definition) is 2. The molecule has 0 radical (unpaired) electrons. The SMILES string of the molecule is CC(C)CCCOC(C)C(N)c1ccc(F)cc1. The minimum Gasteiger partial charge on any atom is -0.377 e. The molecule has 0 heterocycles. The van der Waals surface area contributed by atoms with Crippen molar-refractivity contribution >= 4 is 0 Å². The van der Waals surface area contributed by atoms with Gasteiger partial charge >= 0.3 is 0 Å². The van der Waals surface area contributed by atoms with Crippen LogP contribution < -0.4 is 5.73 Å². The third-order valence-electron chi connectivity index (χ3n) is 3.07. The van der Waals surface area contributed by atoms with Gasteiger partial charge in [-0.05, 0) is 43.4 Å². The number of hydrogen-bond donors (Lipinski definition) is 1. The smallest absolute Gasteiger partial charge is 0.123 e. The summed E-state index contributed by atoms with van der Waals surface area (Å²) < 4.78 is 18.5. The van der Waals surface area contributed by atoms with Gasteiger partial charge in [-0.3, -0.25) is 0 Å². The molecule has 102 valence electrons. The van der Waals surface area contributed by atoms with Gasteiger partial charge in [0.1, 0.15) is 5.82 Å². The molecule has 2 N–H and O–H groups in total. The van der Waals surface area contributed by atoms with Crippen molar-refractivity contribution in [3.05, 3.63) is 35.6 Å². The van der Waals surface area contributed by atoms with E-state index in [4.69, 9.17) is 10.5 Å². The van der Waals surface area contributed by atoms with Gasteiger partial charge in [0.25, 0.3) is 0 Å². The van der Waals surface area contributed by atoms with Gasteiger partial charge in [-0.2, -0.15) is 0 Å². The first-order valence-electron chi connectivity index (χ1n) is 6.63. The number of benzene rings is 1. The lowest BCUT2D eigenvalue weighted by Crippen LogP contribution is -2.26. The molecule has 0 amide bonds. The van der Waals surface area contributed by atoms with E-state index in [1.54, 1.807) is 12.1 Å². The van der Waals surface area contributed by atoms with Gasteiger partial charge in [-0.1, -0.05) is 26.0 Å². The highest BCUT2D eigenvalue weighted by Crippen LogP contribution is 2.17. The summed E-state index contributed by atoms with van der Waals surface area (Å²) in [7, 11) is 0. The Hall–Kier alpha value is -0.930. The van der Waals surface area contributed by atoms with Crippen molar-refractivity contribution in [2.45, 2.75) is 45.8 Å². The number of halogens is 1. The van der Waals surface area contributed by atoms with Crippen LogP contribution >= 0.6 is 0 Å². The van der Waals surface area contributed by atoms with Crippen molar-refractivity contribution in [2.75, 3.05) is 6.61 Å². The zero-order valence-corrected chi connectivity index (χ0v) is 11.5. The average molecular weight is 253 g/mol. The molecular weight excluding hydrogens is 229 g/mol. The highest BCUT2D eigenvalue weighted by atomic mass is 19.1. The largest absolute Gasteiger partial charge is 0.377 e. The molecule has 0 saturated carbocycles. The molecule has 0 fully saturated rings. The molecule has 0 aliphatic rings. The van der Waals surface area contributed by atoms with Crippen LogP contribution in [0.25, 0.3) is 0 Å². The first-order valence-corrected chi connectivity index (χ1v) is 6.63. The molecule has 3 heteroatoms. The molecule has 0 saturated heterocycles. The lowest BCUT2D eigenvalue weighted by molar-refractivity contribution is 0.0444.